The van der Waals surface area contributed by atoms with E-state index in [4.69, 9.17) is 9.47 Å². The van der Waals surface area contributed by atoms with Crippen molar-refractivity contribution >= 4 is 27.5 Å². The van der Waals surface area contributed by atoms with Crippen molar-refractivity contribution in [2.75, 3.05) is 31.6 Å². The Morgan fingerprint density at radius 1 is 0.837 bits per heavy atom. The molecule has 0 radical (unpaired) electrons. The third-order valence-corrected chi connectivity index (χ3v) is 9.85. The largest absolute Gasteiger partial charge is 0.493 e. The molecule has 0 saturated heterocycles. The Morgan fingerprint density at radius 3 is 2.10 bits per heavy atom. The van der Waals surface area contributed by atoms with Crippen LogP contribution in [0.25, 0.3) is 0 Å². The number of halogens is 1. The van der Waals surface area contributed by atoms with Crippen molar-refractivity contribution in [2.45, 2.75) is 57.5 Å². The average Bonchev–Trinajstić information content (AvgIpc) is 3.09. The van der Waals surface area contributed by atoms with Crippen LogP contribution in [-0.4, -0.2) is 58.5 Å². The molecule has 1 N–H and O–H groups in total. The average molecular weight is 690 g/mol. The highest BCUT2D eigenvalue weighted by Gasteiger charge is 2.35. The summed E-state index contributed by atoms with van der Waals surface area (Å²) in [5, 5.41) is 2.96. The first kappa shape index (κ1) is 36.9. The van der Waals surface area contributed by atoms with Crippen LogP contribution >= 0.6 is 0 Å². The number of carbonyl (C=O) groups is 2. The standard InChI is InChI=1S/C38H44FN3O6S/c1-6-7-19-40-38(44)34(23-29-11-9-8-10-12-29)41(25-30-13-15-31(39)16-14-30)37(43)26-42(32-21-27(2)20-28(3)22-32)49(45,46)33-17-18-35(47-4)36(24-33)48-5/h8-18,20-22,24,34H,6-7,19,23,25-26H2,1-5H3,(H,40,44)/t34-/m0/s1. The van der Waals surface area contributed by atoms with Crippen molar-refractivity contribution in [3.63, 3.8) is 0 Å². The third-order valence-electron chi connectivity index (χ3n) is 8.08. The van der Waals surface area contributed by atoms with Gasteiger partial charge in [0, 0.05) is 25.6 Å². The zero-order valence-electron chi connectivity index (χ0n) is 28.6. The lowest BCUT2D eigenvalue weighted by atomic mass is 10.0. The van der Waals surface area contributed by atoms with Gasteiger partial charge in [0.25, 0.3) is 10.0 Å². The van der Waals surface area contributed by atoms with Gasteiger partial charge in [-0.3, -0.25) is 13.9 Å². The Hall–Kier alpha value is -4.90. The van der Waals surface area contributed by atoms with E-state index in [1.807, 2.05) is 57.2 Å². The first-order chi connectivity index (χ1) is 23.5. The van der Waals surface area contributed by atoms with Gasteiger partial charge < -0.3 is 19.7 Å². The van der Waals surface area contributed by atoms with Crippen molar-refractivity contribution in [2.24, 2.45) is 0 Å². The number of unbranched alkanes of at least 4 members (excludes halogenated alkanes) is 1. The summed E-state index contributed by atoms with van der Waals surface area (Å²) in [6.45, 7) is 5.44. The minimum atomic E-state index is -4.37. The Bertz CT molecular complexity index is 1810. The fourth-order valence-corrected chi connectivity index (χ4v) is 6.99. The number of anilines is 1. The van der Waals surface area contributed by atoms with Gasteiger partial charge in [-0.1, -0.05) is 61.9 Å². The molecule has 1 atom stereocenters. The smallest absolute Gasteiger partial charge is 0.264 e. The van der Waals surface area contributed by atoms with E-state index in [0.717, 1.165) is 33.8 Å². The number of nitrogens with zero attached hydrogens (tertiary/aromatic N) is 2. The third kappa shape index (κ3) is 9.60. The van der Waals surface area contributed by atoms with Crippen LogP contribution < -0.4 is 19.1 Å². The maximum Gasteiger partial charge on any atom is 0.264 e. The van der Waals surface area contributed by atoms with Crippen LogP contribution in [0.1, 0.15) is 42.0 Å². The Labute approximate surface area is 288 Å². The van der Waals surface area contributed by atoms with Gasteiger partial charge in [0.05, 0.1) is 24.8 Å². The molecule has 4 aromatic carbocycles. The van der Waals surface area contributed by atoms with Crippen molar-refractivity contribution in [3.05, 3.63) is 119 Å². The molecule has 0 aliphatic rings. The van der Waals surface area contributed by atoms with Crippen LogP contribution in [0.15, 0.2) is 95.9 Å². The number of aryl methyl sites for hydroxylation is 2. The quantitative estimate of drug-likeness (QED) is 0.140. The van der Waals surface area contributed by atoms with E-state index in [1.54, 1.807) is 24.3 Å². The molecule has 0 saturated carbocycles. The summed E-state index contributed by atoms with van der Waals surface area (Å²) in [5.74, 6) is -0.868. The van der Waals surface area contributed by atoms with E-state index in [0.29, 0.717) is 17.9 Å². The number of ether oxygens (including phenoxy) is 2. The van der Waals surface area contributed by atoms with Crippen molar-refractivity contribution < 1.29 is 31.9 Å². The number of hydrogen-bond acceptors (Lipinski definition) is 6. The second-order valence-corrected chi connectivity index (χ2v) is 13.7. The maximum absolute atomic E-state index is 14.7. The zero-order chi connectivity index (χ0) is 35.6. The van der Waals surface area contributed by atoms with Crippen molar-refractivity contribution in [1.29, 1.82) is 0 Å². The van der Waals surface area contributed by atoms with Crippen molar-refractivity contribution in [1.82, 2.24) is 10.2 Å². The summed E-state index contributed by atoms with van der Waals surface area (Å²) < 4.78 is 54.6. The second kappa shape index (κ2) is 17.0. The van der Waals surface area contributed by atoms with Gasteiger partial charge in [0.2, 0.25) is 11.8 Å². The van der Waals surface area contributed by atoms with E-state index < -0.39 is 34.3 Å². The molecule has 260 valence electrons. The SMILES string of the molecule is CCCCNC(=O)[C@H](Cc1ccccc1)N(Cc1ccc(F)cc1)C(=O)CN(c1cc(C)cc(C)c1)S(=O)(=O)c1ccc(OC)c(OC)c1. The summed E-state index contributed by atoms with van der Waals surface area (Å²) in [5.41, 5.74) is 3.29. The monoisotopic (exact) mass is 689 g/mol. The molecular weight excluding hydrogens is 645 g/mol. The molecule has 2 amide bonds. The topological polar surface area (TPSA) is 105 Å². The van der Waals surface area contributed by atoms with Gasteiger partial charge >= 0.3 is 0 Å². The lowest BCUT2D eigenvalue weighted by Crippen LogP contribution is -2.53. The van der Waals surface area contributed by atoms with Gasteiger partial charge in [0.1, 0.15) is 18.4 Å². The highest BCUT2D eigenvalue weighted by atomic mass is 32.2. The molecule has 4 aromatic rings. The first-order valence-electron chi connectivity index (χ1n) is 16.2. The van der Waals surface area contributed by atoms with Gasteiger partial charge in [-0.25, -0.2) is 12.8 Å². The normalized spacial score (nSPS) is 11.8. The molecular formula is C38H44FN3O6S. The van der Waals surface area contributed by atoms with Gasteiger partial charge in [0.15, 0.2) is 11.5 Å². The number of carbonyl (C=O) groups excluding carboxylic acids is 2. The molecule has 0 fully saturated rings. The zero-order valence-corrected chi connectivity index (χ0v) is 29.4. The van der Waals surface area contributed by atoms with Gasteiger partial charge in [-0.15, -0.1) is 0 Å². The summed E-state index contributed by atoms with van der Waals surface area (Å²) in [6.07, 6.45) is 1.79. The molecule has 0 aliphatic carbocycles. The molecule has 49 heavy (non-hydrogen) atoms. The Kier molecular flexibility index (Phi) is 12.8. The predicted octanol–water partition coefficient (Wildman–Crippen LogP) is 6.21. The summed E-state index contributed by atoms with van der Waals surface area (Å²) in [4.78, 5) is 29.8. The van der Waals surface area contributed by atoms with Crippen LogP contribution in [0.3, 0.4) is 0 Å². The van der Waals surface area contributed by atoms with E-state index >= 15 is 0 Å². The molecule has 0 aromatic heterocycles. The summed E-state index contributed by atoms with van der Waals surface area (Å²) in [7, 11) is -1.52. The summed E-state index contributed by atoms with van der Waals surface area (Å²) in [6, 6.07) is 23.5. The number of amides is 2. The van der Waals surface area contributed by atoms with Crippen LogP contribution in [0.2, 0.25) is 0 Å². The molecule has 0 bridgehead atoms. The number of nitrogens with one attached hydrogen (secondary N) is 1. The van der Waals surface area contributed by atoms with Crippen LogP contribution in [0, 0.1) is 19.7 Å². The fourth-order valence-electron chi connectivity index (χ4n) is 5.57. The van der Waals surface area contributed by atoms with Crippen LogP contribution in [0.5, 0.6) is 11.5 Å². The maximum atomic E-state index is 14.7. The highest BCUT2D eigenvalue weighted by molar-refractivity contribution is 7.92. The molecule has 0 heterocycles. The lowest BCUT2D eigenvalue weighted by molar-refractivity contribution is -0.140. The Morgan fingerprint density at radius 2 is 1.49 bits per heavy atom. The van der Waals surface area contributed by atoms with Crippen LogP contribution in [0.4, 0.5) is 10.1 Å². The minimum absolute atomic E-state index is 0.0606. The number of sulfonamides is 1. The van der Waals surface area contributed by atoms with Crippen molar-refractivity contribution in [3.8, 4) is 11.5 Å². The molecule has 0 unspecified atom stereocenters. The van der Waals surface area contributed by atoms with E-state index in [1.165, 1.54) is 49.5 Å². The van der Waals surface area contributed by atoms with E-state index in [9.17, 15) is 22.4 Å². The molecule has 4 rings (SSSR count). The van der Waals surface area contributed by atoms with E-state index in [-0.39, 0.29) is 35.2 Å². The molecule has 0 spiro atoms. The van der Waals surface area contributed by atoms with E-state index in [2.05, 4.69) is 5.32 Å². The highest BCUT2D eigenvalue weighted by Crippen LogP contribution is 2.33. The fraction of sp³-hybridized carbons (Fsp3) is 0.316. The van der Waals surface area contributed by atoms with Gasteiger partial charge in [-0.2, -0.15) is 0 Å². The number of methoxy groups -OCH3 is 2. The second-order valence-electron chi connectivity index (χ2n) is 11.9. The number of rotatable bonds is 16. The minimum Gasteiger partial charge on any atom is -0.493 e. The first-order valence-corrected chi connectivity index (χ1v) is 17.6. The van der Waals surface area contributed by atoms with Crippen LogP contribution in [-0.2, 0) is 32.6 Å². The summed E-state index contributed by atoms with van der Waals surface area (Å²) >= 11 is 0. The molecule has 11 heteroatoms. The number of benzene rings is 4. The Balaban J connectivity index is 1.84. The lowest BCUT2D eigenvalue weighted by Gasteiger charge is -2.34. The molecule has 9 nitrogen and oxygen atoms in total. The molecule has 0 aliphatic heterocycles. The number of hydrogen-bond donors (Lipinski definition) is 1. The van der Waals surface area contributed by atoms with Gasteiger partial charge in [-0.05, 0) is 78.9 Å². The predicted molar refractivity (Wildman–Crippen MR) is 189 cm³/mol.